The second-order valence-corrected chi connectivity index (χ2v) is 5.58. The maximum absolute atomic E-state index is 11.4. The van der Waals surface area contributed by atoms with Crippen LogP contribution in [0, 0.1) is 5.41 Å². The molecule has 0 atom stereocenters. The molecule has 96 valence electrons. The standard InChI is InChI=1S/C12H19NO4/c1-8(14)16-7-11(2,3)6-9-13-12(4,5)10(15)17-9/h6-7H2,1-5H3. The highest BCUT2D eigenvalue weighted by Gasteiger charge is 2.38. The molecule has 5 heteroatoms. The molecular formula is C12H19NO4. The largest absolute Gasteiger partial charge is 0.465 e. The summed E-state index contributed by atoms with van der Waals surface area (Å²) in [6, 6.07) is 0. The van der Waals surface area contributed by atoms with Gasteiger partial charge in [0.1, 0.15) is 0 Å². The first kappa shape index (κ1) is 13.7. The van der Waals surface area contributed by atoms with Crippen LogP contribution < -0.4 is 0 Å². The quantitative estimate of drug-likeness (QED) is 0.703. The van der Waals surface area contributed by atoms with Crippen LogP contribution in [0.3, 0.4) is 0 Å². The maximum Gasteiger partial charge on any atom is 0.340 e. The van der Waals surface area contributed by atoms with Crippen molar-refractivity contribution in [2.75, 3.05) is 6.61 Å². The van der Waals surface area contributed by atoms with Gasteiger partial charge in [-0.05, 0) is 13.8 Å². The monoisotopic (exact) mass is 241 g/mol. The van der Waals surface area contributed by atoms with Crippen LogP contribution in [0.4, 0.5) is 0 Å². The summed E-state index contributed by atoms with van der Waals surface area (Å²) in [5.74, 6) is -0.239. The Morgan fingerprint density at radius 3 is 2.47 bits per heavy atom. The van der Waals surface area contributed by atoms with Gasteiger partial charge in [0.05, 0.1) is 6.61 Å². The number of aliphatic imine (C=N–C) groups is 1. The highest BCUT2D eigenvalue weighted by atomic mass is 16.6. The fourth-order valence-corrected chi connectivity index (χ4v) is 1.45. The Morgan fingerprint density at radius 1 is 1.47 bits per heavy atom. The van der Waals surface area contributed by atoms with Gasteiger partial charge in [0.2, 0.25) is 0 Å². The van der Waals surface area contributed by atoms with Gasteiger partial charge >= 0.3 is 11.9 Å². The number of esters is 2. The third kappa shape index (κ3) is 3.84. The van der Waals surface area contributed by atoms with E-state index in [2.05, 4.69) is 4.99 Å². The van der Waals surface area contributed by atoms with E-state index in [1.165, 1.54) is 6.92 Å². The molecular weight excluding hydrogens is 222 g/mol. The molecule has 17 heavy (non-hydrogen) atoms. The van der Waals surface area contributed by atoms with Crippen LogP contribution in [0.5, 0.6) is 0 Å². The van der Waals surface area contributed by atoms with Crippen LogP contribution in [0.15, 0.2) is 4.99 Å². The molecule has 0 aliphatic carbocycles. The smallest absolute Gasteiger partial charge is 0.340 e. The average Bonchev–Trinajstić information content (AvgIpc) is 2.36. The summed E-state index contributed by atoms with van der Waals surface area (Å²) in [5, 5.41) is 0. The first-order valence-corrected chi connectivity index (χ1v) is 5.57. The predicted octanol–water partition coefficient (Wildman–Crippen LogP) is 1.70. The zero-order valence-electron chi connectivity index (χ0n) is 11.0. The normalized spacial score (nSPS) is 18.6. The summed E-state index contributed by atoms with van der Waals surface area (Å²) < 4.78 is 10.1. The van der Waals surface area contributed by atoms with E-state index in [4.69, 9.17) is 9.47 Å². The number of hydrogen-bond acceptors (Lipinski definition) is 5. The molecule has 1 aliphatic heterocycles. The summed E-state index contributed by atoms with van der Waals surface area (Å²) in [6.07, 6.45) is 0.468. The Balaban J connectivity index is 2.60. The molecule has 0 aromatic rings. The van der Waals surface area contributed by atoms with Gasteiger partial charge in [-0.3, -0.25) is 4.79 Å². The first-order valence-electron chi connectivity index (χ1n) is 5.57. The third-order valence-corrected chi connectivity index (χ3v) is 2.41. The van der Waals surface area contributed by atoms with Crippen LogP contribution in [0.2, 0.25) is 0 Å². The van der Waals surface area contributed by atoms with Gasteiger partial charge in [0, 0.05) is 18.8 Å². The Labute approximate surface area is 101 Å². The van der Waals surface area contributed by atoms with Crippen molar-refractivity contribution in [3.05, 3.63) is 0 Å². The molecule has 1 aliphatic rings. The molecule has 0 saturated heterocycles. The Bertz CT molecular complexity index is 369. The van der Waals surface area contributed by atoms with Crippen LogP contribution in [0.25, 0.3) is 0 Å². The van der Waals surface area contributed by atoms with Crippen molar-refractivity contribution in [3.8, 4) is 0 Å². The van der Waals surface area contributed by atoms with E-state index in [1.807, 2.05) is 13.8 Å². The van der Waals surface area contributed by atoms with Crippen molar-refractivity contribution < 1.29 is 19.1 Å². The van der Waals surface area contributed by atoms with E-state index in [-0.39, 0.29) is 24.0 Å². The molecule has 0 unspecified atom stereocenters. The molecule has 0 aromatic heterocycles. The fourth-order valence-electron chi connectivity index (χ4n) is 1.45. The third-order valence-electron chi connectivity index (χ3n) is 2.41. The van der Waals surface area contributed by atoms with Crippen LogP contribution in [0.1, 0.15) is 41.0 Å². The minimum atomic E-state index is -0.799. The Hall–Kier alpha value is -1.39. The fraction of sp³-hybridized carbons (Fsp3) is 0.750. The van der Waals surface area contributed by atoms with E-state index in [0.717, 1.165) is 0 Å². The number of rotatable bonds is 4. The topological polar surface area (TPSA) is 65.0 Å². The zero-order chi connectivity index (χ0) is 13.3. The minimum Gasteiger partial charge on any atom is -0.465 e. The van der Waals surface area contributed by atoms with Crippen molar-refractivity contribution in [2.45, 2.75) is 46.6 Å². The van der Waals surface area contributed by atoms with Gasteiger partial charge in [0.25, 0.3) is 0 Å². The highest BCUT2D eigenvalue weighted by Crippen LogP contribution is 2.27. The molecule has 0 fully saturated rings. The molecule has 0 N–H and O–H groups in total. The lowest BCUT2D eigenvalue weighted by molar-refractivity contribution is -0.144. The lowest BCUT2D eigenvalue weighted by atomic mass is 9.90. The Morgan fingerprint density at radius 2 is 2.06 bits per heavy atom. The van der Waals surface area contributed by atoms with Gasteiger partial charge in [-0.2, -0.15) is 0 Å². The maximum atomic E-state index is 11.4. The minimum absolute atomic E-state index is 0.277. The highest BCUT2D eigenvalue weighted by molar-refractivity contribution is 5.99. The second-order valence-electron chi connectivity index (χ2n) is 5.58. The molecule has 0 bridgehead atoms. The van der Waals surface area contributed by atoms with E-state index < -0.39 is 5.54 Å². The summed E-state index contributed by atoms with van der Waals surface area (Å²) in [7, 11) is 0. The van der Waals surface area contributed by atoms with E-state index >= 15 is 0 Å². The Kier molecular flexibility index (Phi) is 3.59. The van der Waals surface area contributed by atoms with Crippen LogP contribution in [-0.4, -0.2) is 30.0 Å². The van der Waals surface area contributed by atoms with Crippen molar-refractivity contribution in [2.24, 2.45) is 10.4 Å². The van der Waals surface area contributed by atoms with Crippen molar-refractivity contribution in [1.82, 2.24) is 0 Å². The number of hydrogen-bond donors (Lipinski definition) is 0. The van der Waals surface area contributed by atoms with Crippen LogP contribution >= 0.6 is 0 Å². The predicted molar refractivity (Wildman–Crippen MR) is 62.6 cm³/mol. The number of cyclic esters (lactones) is 1. The lowest BCUT2D eigenvalue weighted by Crippen LogP contribution is -2.26. The zero-order valence-corrected chi connectivity index (χ0v) is 11.0. The number of ether oxygens (including phenoxy) is 2. The number of carbonyl (C=O) groups excluding carboxylic acids is 2. The van der Waals surface area contributed by atoms with Gasteiger partial charge in [0.15, 0.2) is 11.4 Å². The van der Waals surface area contributed by atoms with Gasteiger partial charge in [-0.1, -0.05) is 13.8 Å². The summed E-state index contributed by atoms with van der Waals surface area (Å²) in [6.45, 7) is 8.92. The summed E-state index contributed by atoms with van der Waals surface area (Å²) in [4.78, 5) is 26.4. The van der Waals surface area contributed by atoms with Crippen LogP contribution in [-0.2, 0) is 19.1 Å². The molecule has 0 saturated carbocycles. The van der Waals surface area contributed by atoms with Gasteiger partial charge in [-0.15, -0.1) is 0 Å². The lowest BCUT2D eigenvalue weighted by Gasteiger charge is -2.22. The molecule has 0 aromatic carbocycles. The molecule has 0 spiro atoms. The van der Waals surface area contributed by atoms with E-state index in [1.54, 1.807) is 13.8 Å². The van der Waals surface area contributed by atoms with E-state index in [9.17, 15) is 9.59 Å². The second kappa shape index (κ2) is 4.47. The van der Waals surface area contributed by atoms with Crippen molar-refractivity contribution in [1.29, 1.82) is 0 Å². The van der Waals surface area contributed by atoms with Gasteiger partial charge in [-0.25, -0.2) is 9.79 Å². The molecule has 0 amide bonds. The molecule has 1 rings (SSSR count). The summed E-state index contributed by atoms with van der Waals surface area (Å²) >= 11 is 0. The number of nitrogens with zero attached hydrogens (tertiary/aromatic N) is 1. The molecule has 1 heterocycles. The molecule has 5 nitrogen and oxygen atoms in total. The van der Waals surface area contributed by atoms with Crippen molar-refractivity contribution >= 4 is 17.8 Å². The average molecular weight is 241 g/mol. The van der Waals surface area contributed by atoms with Crippen molar-refractivity contribution in [3.63, 3.8) is 0 Å². The van der Waals surface area contributed by atoms with E-state index in [0.29, 0.717) is 12.3 Å². The first-order chi connectivity index (χ1) is 7.62. The summed E-state index contributed by atoms with van der Waals surface area (Å²) in [5.41, 5.74) is -1.10. The molecule has 0 radical (unpaired) electrons. The number of carbonyl (C=O) groups is 2. The van der Waals surface area contributed by atoms with Gasteiger partial charge < -0.3 is 9.47 Å². The SMILES string of the molecule is CC(=O)OCC(C)(C)CC1=NC(C)(C)C(=O)O1.